The Morgan fingerprint density at radius 3 is 0.724 bits per heavy atom. The van der Waals surface area contributed by atoms with Crippen LogP contribution in [0, 0.1) is 11.8 Å². The lowest BCUT2D eigenvalue weighted by atomic mass is 9.99. The number of unbranched alkanes of at least 4 members (excludes halogenated alkanes) is 46. The van der Waals surface area contributed by atoms with Crippen LogP contribution in [0.15, 0.2) is 0 Å². The first-order valence-corrected chi connectivity index (χ1v) is 44.1. The summed E-state index contributed by atoms with van der Waals surface area (Å²) in [5, 5.41) is 10.6. The van der Waals surface area contributed by atoms with Crippen LogP contribution in [0.2, 0.25) is 0 Å². The molecule has 98 heavy (non-hydrogen) atoms. The van der Waals surface area contributed by atoms with Crippen LogP contribution in [0.25, 0.3) is 0 Å². The Bertz CT molecular complexity index is 1890. The Morgan fingerprint density at radius 1 is 0.286 bits per heavy atom. The van der Waals surface area contributed by atoms with Crippen molar-refractivity contribution in [1.29, 1.82) is 0 Å². The van der Waals surface area contributed by atoms with Crippen molar-refractivity contribution in [1.82, 2.24) is 0 Å². The molecule has 17 nitrogen and oxygen atoms in total. The Hall–Kier alpha value is -1.94. The zero-order valence-electron chi connectivity index (χ0n) is 64.1. The van der Waals surface area contributed by atoms with Gasteiger partial charge in [-0.2, -0.15) is 0 Å². The van der Waals surface area contributed by atoms with Crippen LogP contribution in [0.3, 0.4) is 0 Å². The van der Waals surface area contributed by atoms with Gasteiger partial charge in [-0.1, -0.05) is 363 Å². The van der Waals surface area contributed by atoms with Crippen molar-refractivity contribution < 1.29 is 80.2 Å². The lowest BCUT2D eigenvalue weighted by molar-refractivity contribution is -0.161. The summed E-state index contributed by atoms with van der Waals surface area (Å²) in [5.41, 5.74) is 0. The zero-order valence-corrected chi connectivity index (χ0v) is 65.9. The molecule has 7 atom stereocenters. The molecular formula is C79H154O17P2. The standard InChI is InChI=1S/C79H154O17P2/c1-7-11-13-15-17-18-19-20-21-22-23-27-30-33-36-39-43-50-56-62-77(82)90-68-74(95-78(83)63-57-51-44-40-37-34-31-28-25-24-26-29-32-35-38-42-47-53-59-71(5)9-3)69-93-97(85,86)91-65-73(80)66-92-98(87,88)94-70-75(67-89-76(81)61-55-49-41-16-14-12-8-2)96-79(84)64-58-52-46-45-48-54-60-72(6)10-4/h71-75,80H,7-70H2,1-6H3,(H,85,86)(H,87,88)/t71?,72?,73-,74-,75-/m1/s1. The van der Waals surface area contributed by atoms with Crippen LogP contribution in [-0.4, -0.2) is 96.7 Å². The molecule has 0 bridgehead atoms. The smallest absolute Gasteiger partial charge is 0.462 e. The summed E-state index contributed by atoms with van der Waals surface area (Å²) in [6.07, 6.45) is 60.0. The Balaban J connectivity index is 5.14. The van der Waals surface area contributed by atoms with E-state index in [2.05, 4.69) is 41.5 Å². The third kappa shape index (κ3) is 69.8. The molecule has 0 fully saturated rings. The van der Waals surface area contributed by atoms with E-state index in [0.29, 0.717) is 25.7 Å². The molecule has 0 saturated heterocycles. The summed E-state index contributed by atoms with van der Waals surface area (Å²) in [6, 6.07) is 0. The predicted octanol–water partition coefficient (Wildman–Crippen LogP) is 23.5. The van der Waals surface area contributed by atoms with E-state index in [4.69, 9.17) is 37.0 Å². The van der Waals surface area contributed by atoms with Crippen molar-refractivity contribution in [2.24, 2.45) is 11.8 Å². The number of carbonyl (C=O) groups is 4. The van der Waals surface area contributed by atoms with E-state index in [1.165, 1.54) is 218 Å². The SMILES string of the molecule is CCCCCCCCCCCCCCCCCCCCCC(=O)OC[C@H](COP(=O)(O)OC[C@@H](O)COP(=O)(O)OC[C@@H](COC(=O)CCCCCCCCC)OC(=O)CCCCCCCCC(C)CC)OC(=O)CCCCCCCCCCCCCCCCCCCCC(C)CC. The summed E-state index contributed by atoms with van der Waals surface area (Å²) in [5.74, 6) is -0.529. The second-order valence-corrected chi connectivity index (χ2v) is 31.8. The van der Waals surface area contributed by atoms with Crippen molar-refractivity contribution in [2.75, 3.05) is 39.6 Å². The summed E-state index contributed by atoms with van der Waals surface area (Å²) >= 11 is 0. The number of phosphoric acid groups is 2. The molecule has 0 aliphatic rings. The summed E-state index contributed by atoms with van der Waals surface area (Å²) < 4.78 is 68.4. The molecule has 0 amide bonds. The second-order valence-electron chi connectivity index (χ2n) is 28.9. The molecular weight excluding hydrogens is 1280 g/mol. The highest BCUT2D eigenvalue weighted by Gasteiger charge is 2.30. The monoisotopic (exact) mass is 1440 g/mol. The molecule has 0 saturated carbocycles. The number of aliphatic hydroxyl groups excluding tert-OH is 1. The van der Waals surface area contributed by atoms with Gasteiger partial charge in [0.1, 0.15) is 19.3 Å². The molecule has 0 aliphatic heterocycles. The third-order valence-electron chi connectivity index (χ3n) is 19.2. The van der Waals surface area contributed by atoms with Gasteiger partial charge in [-0.15, -0.1) is 0 Å². The maximum Gasteiger partial charge on any atom is 0.472 e. The lowest BCUT2D eigenvalue weighted by Gasteiger charge is -2.21. The second kappa shape index (κ2) is 70.7. The zero-order chi connectivity index (χ0) is 72.1. The fourth-order valence-electron chi connectivity index (χ4n) is 12.1. The number of aliphatic hydroxyl groups is 1. The molecule has 3 N–H and O–H groups in total. The number of ether oxygens (including phenoxy) is 4. The molecule has 0 radical (unpaired) electrons. The lowest BCUT2D eigenvalue weighted by Crippen LogP contribution is -2.30. The van der Waals surface area contributed by atoms with Gasteiger partial charge in [-0.3, -0.25) is 37.3 Å². The van der Waals surface area contributed by atoms with Gasteiger partial charge in [-0.05, 0) is 37.5 Å². The summed E-state index contributed by atoms with van der Waals surface area (Å²) in [4.78, 5) is 72.7. The van der Waals surface area contributed by atoms with E-state index in [0.717, 1.165) is 115 Å². The topological polar surface area (TPSA) is 237 Å². The third-order valence-corrected chi connectivity index (χ3v) is 21.1. The Kier molecular flexibility index (Phi) is 69.3. The molecule has 0 aliphatic carbocycles. The molecule has 4 unspecified atom stereocenters. The minimum atomic E-state index is -4.96. The highest BCUT2D eigenvalue weighted by molar-refractivity contribution is 7.47. The van der Waals surface area contributed by atoms with E-state index in [1.54, 1.807) is 0 Å². The normalized spacial score (nSPS) is 14.5. The van der Waals surface area contributed by atoms with Gasteiger partial charge < -0.3 is 33.8 Å². The van der Waals surface area contributed by atoms with Gasteiger partial charge in [0.15, 0.2) is 12.2 Å². The van der Waals surface area contributed by atoms with E-state index in [9.17, 15) is 43.2 Å². The first-order valence-electron chi connectivity index (χ1n) is 41.1. The predicted molar refractivity (Wildman–Crippen MR) is 400 cm³/mol. The largest absolute Gasteiger partial charge is 0.472 e. The number of rotatable bonds is 78. The van der Waals surface area contributed by atoms with Gasteiger partial charge >= 0.3 is 39.5 Å². The van der Waals surface area contributed by atoms with E-state index in [-0.39, 0.29) is 25.7 Å². The highest BCUT2D eigenvalue weighted by Crippen LogP contribution is 2.45. The summed E-state index contributed by atoms with van der Waals surface area (Å²) in [6.45, 7) is 9.58. The van der Waals surface area contributed by atoms with Crippen LogP contribution in [0.1, 0.15) is 414 Å². The molecule has 0 rings (SSSR count). The fraction of sp³-hybridized carbons (Fsp3) is 0.949. The maximum atomic E-state index is 13.1. The van der Waals surface area contributed by atoms with Gasteiger partial charge in [-0.25, -0.2) is 9.13 Å². The minimum Gasteiger partial charge on any atom is -0.462 e. The van der Waals surface area contributed by atoms with Crippen molar-refractivity contribution in [3.05, 3.63) is 0 Å². The summed E-state index contributed by atoms with van der Waals surface area (Å²) in [7, 11) is -9.91. The average molecular weight is 1440 g/mol. The van der Waals surface area contributed by atoms with Crippen molar-refractivity contribution in [2.45, 2.75) is 432 Å². The fourth-order valence-corrected chi connectivity index (χ4v) is 13.7. The molecule has 582 valence electrons. The van der Waals surface area contributed by atoms with Gasteiger partial charge in [0.05, 0.1) is 26.4 Å². The van der Waals surface area contributed by atoms with Crippen LogP contribution in [-0.2, 0) is 65.4 Å². The van der Waals surface area contributed by atoms with Crippen LogP contribution in [0.4, 0.5) is 0 Å². The first-order chi connectivity index (χ1) is 47.4. The minimum absolute atomic E-state index is 0.103. The molecule has 0 spiro atoms. The molecule has 0 aromatic rings. The number of phosphoric ester groups is 2. The quantitative estimate of drug-likeness (QED) is 0.0222. The van der Waals surface area contributed by atoms with E-state index < -0.39 is 97.5 Å². The van der Waals surface area contributed by atoms with Crippen LogP contribution in [0.5, 0.6) is 0 Å². The van der Waals surface area contributed by atoms with Crippen molar-refractivity contribution in [3.63, 3.8) is 0 Å². The molecule has 0 aromatic carbocycles. The van der Waals surface area contributed by atoms with Gasteiger partial charge in [0, 0.05) is 25.7 Å². The van der Waals surface area contributed by atoms with Crippen molar-refractivity contribution in [3.8, 4) is 0 Å². The first kappa shape index (κ1) is 96.1. The average Bonchev–Trinajstić information content (AvgIpc) is 0.939. The van der Waals surface area contributed by atoms with Crippen molar-refractivity contribution >= 4 is 39.5 Å². The van der Waals surface area contributed by atoms with Gasteiger partial charge in [0.25, 0.3) is 0 Å². The van der Waals surface area contributed by atoms with E-state index in [1.807, 2.05) is 0 Å². The maximum absolute atomic E-state index is 13.1. The Labute approximate surface area is 600 Å². The van der Waals surface area contributed by atoms with Gasteiger partial charge in [0.2, 0.25) is 0 Å². The molecule has 0 heterocycles. The number of hydrogen-bond acceptors (Lipinski definition) is 15. The number of esters is 4. The highest BCUT2D eigenvalue weighted by atomic mass is 31.2. The molecule has 0 aromatic heterocycles. The number of hydrogen-bond donors (Lipinski definition) is 3. The molecule has 19 heteroatoms. The van der Waals surface area contributed by atoms with E-state index >= 15 is 0 Å². The number of carbonyl (C=O) groups excluding carboxylic acids is 4. The van der Waals surface area contributed by atoms with Crippen LogP contribution < -0.4 is 0 Å². The Morgan fingerprint density at radius 2 is 0.490 bits per heavy atom. The van der Waals surface area contributed by atoms with Crippen LogP contribution >= 0.6 is 15.6 Å².